The van der Waals surface area contributed by atoms with Gasteiger partial charge in [-0.05, 0) is 115 Å². The van der Waals surface area contributed by atoms with Gasteiger partial charge in [-0.1, -0.05) is 212 Å². The molecule has 67 heavy (non-hydrogen) atoms. The van der Waals surface area contributed by atoms with Crippen molar-refractivity contribution < 1.29 is 0 Å². The molecular weight excluding hydrogens is 809 g/mol. The normalized spacial score (nSPS) is 12.6. The van der Waals surface area contributed by atoms with E-state index in [0.29, 0.717) is 0 Å². The van der Waals surface area contributed by atoms with Crippen LogP contribution in [0.25, 0.3) is 71.6 Å². The molecule has 0 N–H and O–H groups in total. The summed E-state index contributed by atoms with van der Waals surface area (Å²) >= 11 is 0. The zero-order valence-electron chi connectivity index (χ0n) is 36.8. The molecule has 0 bridgehead atoms. The highest BCUT2D eigenvalue weighted by molar-refractivity contribution is 6.12. The predicted octanol–water partition coefficient (Wildman–Crippen LogP) is 17.1. The number of anilines is 3. The standard InChI is InChI=1S/C65H44N2/c1-4-20-45(21-5-1)52-32-18-22-46-23-19-33-57(64(46)52)55-30-12-16-36-61(55)66(51-42-43-63-58(44-51)56-31-13-17-37-62(56)67(63)49-26-8-3-9-27-49)50-40-38-48(39-41-50)65(47-24-6-2-7-25-47)59-34-14-10-28-53(59)54-29-11-15-35-60(54)65/h1-44H. The van der Waals surface area contributed by atoms with Gasteiger partial charge in [0.05, 0.1) is 22.1 Å². The molecule has 1 aromatic heterocycles. The largest absolute Gasteiger partial charge is 0.310 e. The van der Waals surface area contributed by atoms with Gasteiger partial charge in [-0.3, -0.25) is 0 Å². The highest BCUT2D eigenvalue weighted by Gasteiger charge is 2.45. The molecule has 314 valence electrons. The van der Waals surface area contributed by atoms with Crippen LogP contribution in [0.3, 0.4) is 0 Å². The molecule has 0 spiro atoms. The Morgan fingerprint density at radius 2 is 0.851 bits per heavy atom. The van der Waals surface area contributed by atoms with E-state index < -0.39 is 5.41 Å². The molecule has 13 rings (SSSR count). The summed E-state index contributed by atoms with van der Waals surface area (Å²) in [6.07, 6.45) is 0. The number of nitrogens with zero attached hydrogens (tertiary/aromatic N) is 2. The van der Waals surface area contributed by atoms with E-state index in [1.54, 1.807) is 0 Å². The molecule has 2 heteroatoms. The van der Waals surface area contributed by atoms with Gasteiger partial charge < -0.3 is 9.47 Å². The minimum atomic E-state index is -0.495. The molecule has 1 heterocycles. The quantitative estimate of drug-likeness (QED) is 0.148. The van der Waals surface area contributed by atoms with Crippen molar-refractivity contribution in [2.45, 2.75) is 5.41 Å². The van der Waals surface area contributed by atoms with Crippen molar-refractivity contribution in [2.75, 3.05) is 4.90 Å². The third-order valence-electron chi connectivity index (χ3n) is 14.1. The van der Waals surface area contributed by atoms with E-state index in [1.807, 2.05) is 0 Å². The van der Waals surface area contributed by atoms with E-state index in [0.717, 1.165) is 28.3 Å². The smallest absolute Gasteiger partial charge is 0.0713 e. The fraction of sp³-hybridized carbons (Fsp3) is 0.0154. The molecule has 11 aromatic carbocycles. The molecule has 1 aliphatic rings. The predicted molar refractivity (Wildman–Crippen MR) is 281 cm³/mol. The Kier molecular flexibility index (Phi) is 9.11. The summed E-state index contributed by atoms with van der Waals surface area (Å²) in [5.74, 6) is 0. The van der Waals surface area contributed by atoms with Crippen LogP contribution in [-0.4, -0.2) is 4.57 Å². The van der Waals surface area contributed by atoms with Crippen LogP contribution < -0.4 is 4.90 Å². The molecule has 0 unspecified atom stereocenters. The molecule has 0 saturated carbocycles. The molecule has 0 saturated heterocycles. The fourth-order valence-electron chi connectivity index (χ4n) is 11.3. The van der Waals surface area contributed by atoms with Gasteiger partial charge in [0.15, 0.2) is 0 Å². The van der Waals surface area contributed by atoms with Crippen LogP contribution in [0.5, 0.6) is 0 Å². The SMILES string of the molecule is c1ccc(-c2cccc3cccc(-c4ccccc4N(c4ccc(C5(c6ccccc6)c6ccccc6-c6ccccc65)cc4)c4ccc5c(c4)c4ccccc4n5-c4ccccc4)c23)cc1. The van der Waals surface area contributed by atoms with Gasteiger partial charge in [0, 0.05) is 33.4 Å². The van der Waals surface area contributed by atoms with Crippen molar-refractivity contribution in [3.05, 3.63) is 289 Å². The van der Waals surface area contributed by atoms with Gasteiger partial charge in [0.2, 0.25) is 0 Å². The second-order valence-corrected chi connectivity index (χ2v) is 17.6. The van der Waals surface area contributed by atoms with Crippen LogP contribution in [0.4, 0.5) is 17.1 Å². The Morgan fingerprint density at radius 3 is 1.57 bits per heavy atom. The van der Waals surface area contributed by atoms with Crippen LogP contribution in [0.1, 0.15) is 22.3 Å². The number of rotatable bonds is 8. The number of benzene rings is 11. The van der Waals surface area contributed by atoms with E-state index in [2.05, 4.69) is 276 Å². The molecule has 0 fully saturated rings. The zero-order chi connectivity index (χ0) is 44.3. The third kappa shape index (κ3) is 6.04. The monoisotopic (exact) mass is 852 g/mol. The average molecular weight is 853 g/mol. The lowest BCUT2D eigenvalue weighted by Gasteiger charge is -2.34. The maximum Gasteiger partial charge on any atom is 0.0713 e. The summed E-state index contributed by atoms with van der Waals surface area (Å²) in [7, 11) is 0. The average Bonchev–Trinajstić information content (AvgIpc) is 3.90. The molecule has 0 radical (unpaired) electrons. The number of hydrogen-bond donors (Lipinski definition) is 0. The van der Waals surface area contributed by atoms with Gasteiger partial charge in [-0.2, -0.15) is 0 Å². The Bertz CT molecular complexity index is 3740. The lowest BCUT2D eigenvalue weighted by Crippen LogP contribution is -2.28. The summed E-state index contributed by atoms with van der Waals surface area (Å²) < 4.78 is 2.39. The van der Waals surface area contributed by atoms with Gasteiger partial charge in [0.1, 0.15) is 0 Å². The number of fused-ring (bicyclic) bond motifs is 7. The highest BCUT2D eigenvalue weighted by atomic mass is 15.1. The Balaban J connectivity index is 1.06. The van der Waals surface area contributed by atoms with Gasteiger partial charge in [-0.25, -0.2) is 0 Å². The highest BCUT2D eigenvalue weighted by Crippen LogP contribution is 2.56. The van der Waals surface area contributed by atoms with Crippen molar-refractivity contribution >= 4 is 49.6 Å². The van der Waals surface area contributed by atoms with Crippen molar-refractivity contribution in [3.63, 3.8) is 0 Å². The Hall–Kier alpha value is -8.72. The number of para-hydroxylation sites is 3. The van der Waals surface area contributed by atoms with Crippen molar-refractivity contribution in [2.24, 2.45) is 0 Å². The molecular formula is C65H44N2. The fourth-order valence-corrected chi connectivity index (χ4v) is 11.3. The lowest BCUT2D eigenvalue weighted by atomic mass is 9.68. The van der Waals surface area contributed by atoms with E-state index in [9.17, 15) is 0 Å². The summed E-state index contributed by atoms with van der Waals surface area (Å²) in [4.78, 5) is 2.48. The van der Waals surface area contributed by atoms with Gasteiger partial charge >= 0.3 is 0 Å². The topological polar surface area (TPSA) is 8.17 Å². The first-order valence-electron chi connectivity index (χ1n) is 23.2. The Morgan fingerprint density at radius 1 is 0.328 bits per heavy atom. The first kappa shape index (κ1) is 38.7. The maximum absolute atomic E-state index is 2.48. The number of hydrogen-bond acceptors (Lipinski definition) is 1. The second-order valence-electron chi connectivity index (χ2n) is 17.6. The van der Waals surface area contributed by atoms with Gasteiger partial charge in [-0.15, -0.1) is 0 Å². The summed E-state index contributed by atoms with van der Waals surface area (Å²) in [5.41, 5.74) is 18.7. The van der Waals surface area contributed by atoms with Crippen LogP contribution in [0.15, 0.2) is 267 Å². The molecule has 0 amide bonds. The molecule has 1 aliphatic carbocycles. The van der Waals surface area contributed by atoms with E-state index in [4.69, 9.17) is 0 Å². The molecule has 12 aromatic rings. The van der Waals surface area contributed by atoms with Crippen LogP contribution in [-0.2, 0) is 5.41 Å². The van der Waals surface area contributed by atoms with E-state index >= 15 is 0 Å². The summed E-state index contributed by atoms with van der Waals surface area (Å²) in [6.45, 7) is 0. The maximum atomic E-state index is 2.48. The lowest BCUT2D eigenvalue weighted by molar-refractivity contribution is 0.768. The van der Waals surface area contributed by atoms with Crippen LogP contribution >= 0.6 is 0 Å². The second kappa shape index (κ2) is 15.8. The van der Waals surface area contributed by atoms with Crippen molar-refractivity contribution in [3.8, 4) is 39.1 Å². The molecule has 2 nitrogen and oxygen atoms in total. The summed E-state index contributed by atoms with van der Waals surface area (Å²) in [5, 5.41) is 4.87. The van der Waals surface area contributed by atoms with Crippen molar-refractivity contribution in [1.82, 2.24) is 4.57 Å². The van der Waals surface area contributed by atoms with E-state index in [-0.39, 0.29) is 0 Å². The Labute approximate surface area is 390 Å². The van der Waals surface area contributed by atoms with Crippen LogP contribution in [0.2, 0.25) is 0 Å². The first-order valence-corrected chi connectivity index (χ1v) is 23.2. The van der Waals surface area contributed by atoms with E-state index in [1.165, 1.54) is 82.6 Å². The third-order valence-corrected chi connectivity index (χ3v) is 14.1. The number of aromatic nitrogens is 1. The summed E-state index contributed by atoms with van der Waals surface area (Å²) in [6, 6.07) is 98.1. The molecule has 0 aliphatic heterocycles. The minimum Gasteiger partial charge on any atom is -0.310 e. The zero-order valence-corrected chi connectivity index (χ0v) is 36.8. The molecule has 0 atom stereocenters. The van der Waals surface area contributed by atoms with Crippen LogP contribution in [0, 0.1) is 0 Å². The minimum absolute atomic E-state index is 0.495. The van der Waals surface area contributed by atoms with Gasteiger partial charge in [0.25, 0.3) is 0 Å². The first-order chi connectivity index (χ1) is 33.3. The van der Waals surface area contributed by atoms with Crippen molar-refractivity contribution in [1.29, 1.82) is 0 Å².